The highest BCUT2D eigenvalue weighted by molar-refractivity contribution is 9.10. The predicted octanol–water partition coefficient (Wildman–Crippen LogP) is 3.93. The fraction of sp³-hybridized carbons (Fsp3) is 0.278. The van der Waals surface area contributed by atoms with Crippen LogP contribution in [0.2, 0.25) is 0 Å². The number of carbonyl (C=O) groups is 2. The van der Waals surface area contributed by atoms with Crippen molar-refractivity contribution in [3.05, 3.63) is 57.8 Å². The number of amides is 2. The lowest BCUT2D eigenvalue weighted by Crippen LogP contribution is -2.25. The maximum Gasteiger partial charge on any atom is 0.269 e. The van der Waals surface area contributed by atoms with Gasteiger partial charge in [-0.2, -0.15) is 0 Å². The van der Waals surface area contributed by atoms with Gasteiger partial charge in [0.1, 0.15) is 5.69 Å². The molecule has 0 saturated heterocycles. The molecule has 6 heteroatoms. The van der Waals surface area contributed by atoms with E-state index in [-0.39, 0.29) is 17.5 Å². The molecule has 0 aliphatic rings. The Labute approximate surface area is 150 Å². The van der Waals surface area contributed by atoms with Crippen LogP contribution in [0, 0.1) is 6.92 Å². The Balaban J connectivity index is 2.09. The Kier molecular flexibility index (Phi) is 6.49. The summed E-state index contributed by atoms with van der Waals surface area (Å²) in [7, 11) is 0. The molecule has 2 aromatic rings. The number of rotatable bonds is 6. The van der Waals surface area contributed by atoms with E-state index in [0.717, 1.165) is 22.9 Å². The molecule has 0 unspecified atom stereocenters. The van der Waals surface area contributed by atoms with Crippen molar-refractivity contribution < 1.29 is 9.59 Å². The van der Waals surface area contributed by atoms with E-state index in [1.54, 1.807) is 6.07 Å². The van der Waals surface area contributed by atoms with E-state index in [1.807, 2.05) is 25.1 Å². The number of halogens is 1. The van der Waals surface area contributed by atoms with E-state index in [1.165, 1.54) is 12.3 Å². The van der Waals surface area contributed by atoms with Crippen LogP contribution in [0.25, 0.3) is 0 Å². The van der Waals surface area contributed by atoms with Crippen molar-refractivity contribution in [2.45, 2.75) is 26.7 Å². The molecule has 0 spiro atoms. The molecule has 5 nitrogen and oxygen atoms in total. The highest BCUT2D eigenvalue weighted by Crippen LogP contribution is 2.23. The van der Waals surface area contributed by atoms with Gasteiger partial charge in [-0.1, -0.05) is 19.4 Å². The van der Waals surface area contributed by atoms with Crippen LogP contribution in [0.3, 0.4) is 0 Å². The standard InChI is InChI=1S/C18H20BrN3O2/c1-3-4-8-21-18(24)16-11-13(7-9-20-16)17(23)22-15-6-5-12(2)10-14(15)19/h5-7,9-11H,3-4,8H2,1-2H3,(H,21,24)(H,22,23). The number of aryl methyl sites for hydroxylation is 1. The van der Waals surface area contributed by atoms with Gasteiger partial charge in [0.25, 0.3) is 11.8 Å². The summed E-state index contributed by atoms with van der Waals surface area (Å²) in [4.78, 5) is 28.5. The number of nitrogens with zero attached hydrogens (tertiary/aromatic N) is 1. The van der Waals surface area contributed by atoms with Gasteiger partial charge in [0.2, 0.25) is 0 Å². The molecule has 126 valence electrons. The maximum atomic E-state index is 12.4. The van der Waals surface area contributed by atoms with Crippen molar-refractivity contribution >= 4 is 33.4 Å². The SMILES string of the molecule is CCCCNC(=O)c1cc(C(=O)Nc2ccc(C)cc2Br)ccn1. The Bertz CT molecular complexity index is 747. The number of anilines is 1. The molecule has 0 atom stereocenters. The first-order valence-electron chi connectivity index (χ1n) is 7.83. The Morgan fingerprint density at radius 3 is 2.67 bits per heavy atom. The monoisotopic (exact) mass is 389 g/mol. The molecule has 0 bridgehead atoms. The summed E-state index contributed by atoms with van der Waals surface area (Å²) >= 11 is 3.43. The van der Waals surface area contributed by atoms with Crippen molar-refractivity contribution in [1.29, 1.82) is 0 Å². The van der Waals surface area contributed by atoms with Gasteiger partial charge in [-0.3, -0.25) is 14.6 Å². The van der Waals surface area contributed by atoms with Crippen LogP contribution in [0.4, 0.5) is 5.69 Å². The molecule has 1 aromatic carbocycles. The Morgan fingerprint density at radius 1 is 1.17 bits per heavy atom. The highest BCUT2D eigenvalue weighted by atomic mass is 79.9. The fourth-order valence-corrected chi connectivity index (χ4v) is 2.67. The zero-order chi connectivity index (χ0) is 17.5. The lowest BCUT2D eigenvalue weighted by molar-refractivity contribution is 0.0948. The second kappa shape index (κ2) is 8.59. The first kappa shape index (κ1) is 18.1. The molecule has 0 fully saturated rings. The van der Waals surface area contributed by atoms with Crippen LogP contribution in [-0.4, -0.2) is 23.3 Å². The maximum absolute atomic E-state index is 12.4. The Hall–Kier alpha value is -2.21. The summed E-state index contributed by atoms with van der Waals surface area (Å²) in [6.45, 7) is 4.63. The molecule has 0 radical (unpaired) electrons. The van der Waals surface area contributed by atoms with Crippen molar-refractivity contribution in [2.75, 3.05) is 11.9 Å². The Morgan fingerprint density at radius 2 is 1.96 bits per heavy atom. The van der Waals surface area contributed by atoms with E-state index in [4.69, 9.17) is 0 Å². The second-order valence-corrected chi connectivity index (χ2v) is 6.33. The fourth-order valence-electron chi connectivity index (χ4n) is 2.08. The number of unbranched alkanes of at least 4 members (excludes halogenated alkanes) is 1. The molecule has 0 aliphatic heterocycles. The highest BCUT2D eigenvalue weighted by Gasteiger charge is 2.12. The van der Waals surface area contributed by atoms with Crippen LogP contribution in [-0.2, 0) is 0 Å². The quantitative estimate of drug-likeness (QED) is 0.735. The number of pyridine rings is 1. The molecule has 24 heavy (non-hydrogen) atoms. The molecule has 0 saturated carbocycles. The zero-order valence-electron chi connectivity index (χ0n) is 13.7. The van der Waals surface area contributed by atoms with Crippen LogP contribution < -0.4 is 10.6 Å². The minimum atomic E-state index is -0.287. The third kappa shape index (κ3) is 4.89. The lowest BCUT2D eigenvalue weighted by atomic mass is 10.2. The molecule has 0 aliphatic carbocycles. The van der Waals surface area contributed by atoms with Gasteiger partial charge in [-0.25, -0.2) is 0 Å². The normalized spacial score (nSPS) is 10.3. The largest absolute Gasteiger partial charge is 0.351 e. The van der Waals surface area contributed by atoms with Crippen LogP contribution in [0.5, 0.6) is 0 Å². The summed E-state index contributed by atoms with van der Waals surface area (Å²) < 4.78 is 0.808. The van der Waals surface area contributed by atoms with Gasteiger partial charge in [0, 0.05) is 22.8 Å². The number of benzene rings is 1. The van der Waals surface area contributed by atoms with E-state index in [2.05, 4.69) is 38.5 Å². The molecule has 2 rings (SSSR count). The van der Waals surface area contributed by atoms with Gasteiger partial charge in [-0.15, -0.1) is 0 Å². The summed E-state index contributed by atoms with van der Waals surface area (Å²) in [5.74, 6) is -0.556. The van der Waals surface area contributed by atoms with Crippen LogP contribution in [0.1, 0.15) is 46.2 Å². The van der Waals surface area contributed by atoms with E-state index in [9.17, 15) is 9.59 Å². The van der Waals surface area contributed by atoms with Crippen LogP contribution in [0.15, 0.2) is 41.0 Å². The van der Waals surface area contributed by atoms with E-state index < -0.39 is 0 Å². The zero-order valence-corrected chi connectivity index (χ0v) is 15.3. The van der Waals surface area contributed by atoms with E-state index in [0.29, 0.717) is 17.8 Å². The lowest BCUT2D eigenvalue weighted by Gasteiger charge is -2.09. The van der Waals surface area contributed by atoms with Crippen molar-refractivity contribution in [3.8, 4) is 0 Å². The first-order valence-corrected chi connectivity index (χ1v) is 8.62. The number of hydrogen-bond donors (Lipinski definition) is 2. The van der Waals surface area contributed by atoms with Crippen LogP contribution >= 0.6 is 15.9 Å². The summed E-state index contributed by atoms with van der Waals surface area (Å²) in [5, 5.41) is 5.62. The predicted molar refractivity (Wildman–Crippen MR) is 98.3 cm³/mol. The van der Waals surface area contributed by atoms with Crippen molar-refractivity contribution in [3.63, 3.8) is 0 Å². The molecule has 1 heterocycles. The number of nitrogens with one attached hydrogen (secondary N) is 2. The average Bonchev–Trinajstić information content (AvgIpc) is 2.57. The van der Waals surface area contributed by atoms with Gasteiger partial charge in [0.15, 0.2) is 0 Å². The average molecular weight is 390 g/mol. The number of aromatic nitrogens is 1. The van der Waals surface area contributed by atoms with E-state index >= 15 is 0 Å². The number of hydrogen-bond acceptors (Lipinski definition) is 3. The third-order valence-corrected chi connectivity index (χ3v) is 4.10. The topological polar surface area (TPSA) is 71.1 Å². The third-order valence-electron chi connectivity index (χ3n) is 3.44. The summed E-state index contributed by atoms with van der Waals surface area (Å²) in [5.41, 5.74) is 2.39. The number of carbonyl (C=O) groups excluding carboxylic acids is 2. The summed E-state index contributed by atoms with van der Waals surface area (Å²) in [6.07, 6.45) is 3.38. The van der Waals surface area contributed by atoms with Gasteiger partial charge in [-0.05, 0) is 59.1 Å². The van der Waals surface area contributed by atoms with Gasteiger partial charge in [0.05, 0.1) is 5.69 Å². The second-order valence-electron chi connectivity index (χ2n) is 5.48. The van der Waals surface area contributed by atoms with Gasteiger partial charge >= 0.3 is 0 Å². The first-order chi connectivity index (χ1) is 11.5. The molecule has 2 N–H and O–H groups in total. The minimum absolute atomic E-state index is 0.238. The van der Waals surface area contributed by atoms with Crippen molar-refractivity contribution in [2.24, 2.45) is 0 Å². The molecule has 2 amide bonds. The summed E-state index contributed by atoms with van der Waals surface area (Å²) in [6, 6.07) is 8.75. The molecular weight excluding hydrogens is 370 g/mol. The smallest absolute Gasteiger partial charge is 0.269 e. The minimum Gasteiger partial charge on any atom is -0.351 e. The van der Waals surface area contributed by atoms with Gasteiger partial charge < -0.3 is 10.6 Å². The van der Waals surface area contributed by atoms with Crippen molar-refractivity contribution in [1.82, 2.24) is 10.3 Å². The molecular formula is C18H20BrN3O2. The molecule has 1 aromatic heterocycles.